The lowest BCUT2D eigenvalue weighted by molar-refractivity contribution is 0.449. The second-order valence-electron chi connectivity index (χ2n) is 4.98. The van der Waals surface area contributed by atoms with Crippen LogP contribution in [0.25, 0.3) is 11.1 Å². The van der Waals surface area contributed by atoms with E-state index in [-0.39, 0.29) is 17.4 Å². The molecule has 2 atom stereocenters. The maximum atomic E-state index is 13.2. The minimum Gasteiger partial charge on any atom is -0.493 e. The number of aromatic nitrogens is 2. The SMILES string of the molecule is CC1CC1c1nc(O)c(-c2cccc(F)c2)c(=O)[nH]1. The van der Waals surface area contributed by atoms with Crippen LogP contribution in [0.2, 0.25) is 0 Å². The molecule has 3 rings (SSSR count). The molecule has 0 saturated heterocycles. The first-order valence-corrected chi connectivity index (χ1v) is 6.15. The Bertz CT molecular complexity index is 696. The lowest BCUT2D eigenvalue weighted by Crippen LogP contribution is -2.14. The van der Waals surface area contributed by atoms with E-state index >= 15 is 0 Å². The molecule has 2 unspecified atom stereocenters. The summed E-state index contributed by atoms with van der Waals surface area (Å²) in [5.74, 6) is 0.387. The smallest absolute Gasteiger partial charge is 0.262 e. The predicted molar refractivity (Wildman–Crippen MR) is 68.4 cm³/mol. The number of nitrogens with zero attached hydrogens (tertiary/aromatic N) is 1. The van der Waals surface area contributed by atoms with Gasteiger partial charge in [0.2, 0.25) is 5.88 Å². The second kappa shape index (κ2) is 4.19. The Balaban J connectivity index is 2.10. The average Bonchev–Trinajstić information content (AvgIpc) is 3.05. The molecule has 0 spiro atoms. The molecule has 1 heterocycles. The van der Waals surface area contributed by atoms with Crippen molar-refractivity contribution in [2.45, 2.75) is 19.3 Å². The summed E-state index contributed by atoms with van der Waals surface area (Å²) in [6.07, 6.45) is 0.960. The molecule has 0 amide bonds. The van der Waals surface area contributed by atoms with E-state index in [2.05, 4.69) is 16.9 Å². The molecule has 5 heteroatoms. The largest absolute Gasteiger partial charge is 0.493 e. The summed E-state index contributed by atoms with van der Waals surface area (Å²) >= 11 is 0. The van der Waals surface area contributed by atoms with Crippen LogP contribution in [-0.4, -0.2) is 15.1 Å². The molecule has 1 saturated carbocycles. The van der Waals surface area contributed by atoms with Gasteiger partial charge in [-0.05, 0) is 30.0 Å². The zero-order valence-corrected chi connectivity index (χ0v) is 10.4. The van der Waals surface area contributed by atoms with Gasteiger partial charge in [0.15, 0.2) is 0 Å². The normalized spacial score (nSPS) is 21.4. The summed E-state index contributed by atoms with van der Waals surface area (Å²) in [6.45, 7) is 2.06. The van der Waals surface area contributed by atoms with Crippen molar-refractivity contribution >= 4 is 0 Å². The van der Waals surface area contributed by atoms with Crippen LogP contribution in [0.3, 0.4) is 0 Å². The maximum Gasteiger partial charge on any atom is 0.262 e. The summed E-state index contributed by atoms with van der Waals surface area (Å²) in [5, 5.41) is 9.93. The van der Waals surface area contributed by atoms with Crippen molar-refractivity contribution in [1.29, 1.82) is 0 Å². The number of hydrogen-bond acceptors (Lipinski definition) is 3. The molecule has 2 N–H and O–H groups in total. The molecule has 1 aromatic heterocycles. The van der Waals surface area contributed by atoms with Crippen LogP contribution in [0.15, 0.2) is 29.1 Å². The van der Waals surface area contributed by atoms with Crippen molar-refractivity contribution in [3.05, 3.63) is 46.3 Å². The molecule has 1 aliphatic carbocycles. The van der Waals surface area contributed by atoms with E-state index in [0.29, 0.717) is 17.3 Å². The molecule has 0 bridgehead atoms. The van der Waals surface area contributed by atoms with E-state index in [4.69, 9.17) is 0 Å². The Morgan fingerprint density at radius 2 is 2.21 bits per heavy atom. The average molecular weight is 260 g/mol. The van der Waals surface area contributed by atoms with Crippen LogP contribution in [0, 0.1) is 11.7 Å². The molecule has 1 aliphatic rings. The molecule has 1 aromatic carbocycles. The van der Waals surface area contributed by atoms with Gasteiger partial charge in [0, 0.05) is 5.92 Å². The van der Waals surface area contributed by atoms with Crippen LogP contribution in [0.1, 0.15) is 25.1 Å². The number of H-pyrrole nitrogens is 1. The molecule has 4 nitrogen and oxygen atoms in total. The van der Waals surface area contributed by atoms with E-state index in [0.717, 1.165) is 6.42 Å². The van der Waals surface area contributed by atoms with Crippen LogP contribution in [-0.2, 0) is 0 Å². The zero-order chi connectivity index (χ0) is 13.6. The molecule has 98 valence electrons. The van der Waals surface area contributed by atoms with E-state index in [1.54, 1.807) is 6.07 Å². The number of aromatic hydroxyl groups is 1. The molecular weight excluding hydrogens is 247 g/mol. The third-order valence-electron chi connectivity index (χ3n) is 3.49. The lowest BCUT2D eigenvalue weighted by Gasteiger charge is -2.05. The fraction of sp³-hybridized carbons (Fsp3) is 0.286. The van der Waals surface area contributed by atoms with Crippen molar-refractivity contribution in [2.75, 3.05) is 0 Å². The van der Waals surface area contributed by atoms with Gasteiger partial charge in [-0.15, -0.1) is 0 Å². The Kier molecular flexibility index (Phi) is 2.62. The third-order valence-corrected chi connectivity index (χ3v) is 3.49. The van der Waals surface area contributed by atoms with Gasteiger partial charge in [0.1, 0.15) is 17.2 Å². The first-order valence-electron chi connectivity index (χ1n) is 6.15. The van der Waals surface area contributed by atoms with Gasteiger partial charge in [0.05, 0.1) is 0 Å². The predicted octanol–water partition coefficient (Wildman–Crippen LogP) is 2.41. The van der Waals surface area contributed by atoms with Crippen molar-refractivity contribution < 1.29 is 9.50 Å². The lowest BCUT2D eigenvalue weighted by atomic mass is 10.1. The summed E-state index contributed by atoms with van der Waals surface area (Å²) in [4.78, 5) is 18.7. The highest BCUT2D eigenvalue weighted by atomic mass is 19.1. The molecule has 19 heavy (non-hydrogen) atoms. The third kappa shape index (κ3) is 2.12. The first kappa shape index (κ1) is 11.9. The number of nitrogens with one attached hydrogen (secondary N) is 1. The number of benzene rings is 1. The number of hydrogen-bond donors (Lipinski definition) is 2. The van der Waals surface area contributed by atoms with Crippen LogP contribution < -0.4 is 5.56 Å². The fourth-order valence-corrected chi connectivity index (χ4v) is 2.26. The van der Waals surface area contributed by atoms with Crippen molar-refractivity contribution in [1.82, 2.24) is 9.97 Å². The molecule has 0 radical (unpaired) electrons. The van der Waals surface area contributed by atoms with Crippen LogP contribution in [0.5, 0.6) is 5.88 Å². The Morgan fingerprint density at radius 3 is 2.79 bits per heavy atom. The van der Waals surface area contributed by atoms with Gasteiger partial charge in [0.25, 0.3) is 5.56 Å². The van der Waals surface area contributed by atoms with E-state index in [1.807, 2.05) is 0 Å². The van der Waals surface area contributed by atoms with Gasteiger partial charge in [-0.3, -0.25) is 4.79 Å². The fourth-order valence-electron chi connectivity index (χ4n) is 2.26. The van der Waals surface area contributed by atoms with Crippen molar-refractivity contribution in [3.8, 4) is 17.0 Å². The maximum absolute atomic E-state index is 13.2. The minimum atomic E-state index is -0.462. The zero-order valence-electron chi connectivity index (χ0n) is 10.4. The number of aromatic amines is 1. The first-order chi connectivity index (χ1) is 9.06. The highest BCUT2D eigenvalue weighted by molar-refractivity contribution is 5.67. The standard InChI is InChI=1S/C14H13FN2O2/c1-7-5-10(7)12-16-13(18)11(14(19)17-12)8-3-2-4-9(15)6-8/h2-4,6-7,10H,5H2,1H3,(H2,16,17,18,19). The number of halogens is 1. The molecule has 0 aliphatic heterocycles. The number of rotatable bonds is 2. The summed E-state index contributed by atoms with van der Waals surface area (Å²) < 4.78 is 13.2. The summed E-state index contributed by atoms with van der Waals surface area (Å²) in [6, 6.07) is 5.53. The molecular formula is C14H13FN2O2. The summed E-state index contributed by atoms with van der Waals surface area (Å²) in [7, 11) is 0. The van der Waals surface area contributed by atoms with E-state index in [1.165, 1.54) is 18.2 Å². The van der Waals surface area contributed by atoms with Gasteiger partial charge < -0.3 is 10.1 Å². The monoisotopic (exact) mass is 260 g/mol. The van der Waals surface area contributed by atoms with Gasteiger partial charge in [-0.2, -0.15) is 4.98 Å². The molecule has 1 fully saturated rings. The van der Waals surface area contributed by atoms with Crippen molar-refractivity contribution in [2.24, 2.45) is 5.92 Å². The minimum absolute atomic E-state index is 0.0107. The Morgan fingerprint density at radius 1 is 1.47 bits per heavy atom. The Labute approximate surface area is 109 Å². The highest BCUT2D eigenvalue weighted by Gasteiger charge is 2.36. The van der Waals surface area contributed by atoms with E-state index < -0.39 is 11.4 Å². The van der Waals surface area contributed by atoms with Gasteiger partial charge in [-0.1, -0.05) is 19.1 Å². The molecule has 2 aromatic rings. The second-order valence-corrected chi connectivity index (χ2v) is 4.98. The van der Waals surface area contributed by atoms with Gasteiger partial charge in [-0.25, -0.2) is 4.39 Å². The highest BCUT2D eigenvalue weighted by Crippen LogP contribution is 2.45. The quantitative estimate of drug-likeness (QED) is 0.871. The van der Waals surface area contributed by atoms with Gasteiger partial charge >= 0.3 is 0 Å². The topological polar surface area (TPSA) is 66.0 Å². The summed E-state index contributed by atoms with van der Waals surface area (Å²) in [5.41, 5.74) is -0.106. The Hall–Kier alpha value is -2.17. The van der Waals surface area contributed by atoms with Crippen LogP contribution >= 0.6 is 0 Å². The van der Waals surface area contributed by atoms with Crippen LogP contribution in [0.4, 0.5) is 4.39 Å². The van der Waals surface area contributed by atoms with E-state index in [9.17, 15) is 14.3 Å². The van der Waals surface area contributed by atoms with Crippen molar-refractivity contribution in [3.63, 3.8) is 0 Å².